The van der Waals surface area contributed by atoms with Crippen molar-refractivity contribution in [2.45, 2.75) is 24.5 Å². The zero-order valence-electron chi connectivity index (χ0n) is 19.1. The zero-order chi connectivity index (χ0) is 25.3. The Kier molecular flexibility index (Phi) is 6.48. The van der Waals surface area contributed by atoms with Gasteiger partial charge in [-0.05, 0) is 72.3 Å². The molecule has 0 aliphatic rings. The molecule has 2 nitrogen and oxygen atoms in total. The molecule has 0 saturated carbocycles. The number of sulfone groups is 1. The number of benzene rings is 5. The molecule has 0 amide bonds. The average molecular weight is 516 g/mol. The van der Waals surface area contributed by atoms with E-state index in [-0.39, 0.29) is 20.6 Å². The third-order valence-electron chi connectivity index (χ3n) is 5.84. The van der Waals surface area contributed by atoms with Gasteiger partial charge in [-0.25, -0.2) is 17.2 Å². The Hall–Kier alpha value is -3.74. The molecule has 0 aliphatic carbocycles. The maximum atomic E-state index is 15.5. The van der Waals surface area contributed by atoms with E-state index >= 15 is 4.39 Å². The molecular weight excluding hydrogens is 494 g/mol. The van der Waals surface area contributed by atoms with E-state index in [4.69, 9.17) is 0 Å². The lowest BCUT2D eigenvalue weighted by Gasteiger charge is -2.16. The summed E-state index contributed by atoms with van der Waals surface area (Å²) in [5, 5.41) is 0.0678. The summed E-state index contributed by atoms with van der Waals surface area (Å²) in [4.78, 5) is 2.02. The molecular formula is C30H21F2O2S2+. The quantitative estimate of drug-likeness (QED) is 0.172. The molecule has 5 aromatic rings. The van der Waals surface area contributed by atoms with E-state index in [0.717, 1.165) is 27.5 Å². The van der Waals surface area contributed by atoms with Gasteiger partial charge in [0.1, 0.15) is 27.4 Å². The molecule has 5 aromatic carbocycles. The third kappa shape index (κ3) is 4.34. The number of fused-ring (bicyclic) bond motifs is 1. The molecule has 0 saturated heterocycles. The fraction of sp³-hybridized carbons (Fsp3) is 0. The van der Waals surface area contributed by atoms with Gasteiger partial charge in [0, 0.05) is 16.8 Å². The summed E-state index contributed by atoms with van der Waals surface area (Å²) < 4.78 is 57.9. The second kappa shape index (κ2) is 9.72. The molecule has 0 bridgehead atoms. The highest BCUT2D eigenvalue weighted by Crippen LogP contribution is 2.41. The van der Waals surface area contributed by atoms with Gasteiger partial charge in [-0.2, -0.15) is 0 Å². The topological polar surface area (TPSA) is 34.1 Å². The van der Waals surface area contributed by atoms with Gasteiger partial charge in [0.05, 0.1) is 4.90 Å². The fourth-order valence-electron chi connectivity index (χ4n) is 4.14. The predicted octanol–water partition coefficient (Wildman–Crippen LogP) is 7.69. The van der Waals surface area contributed by atoms with E-state index in [1.165, 1.54) is 24.3 Å². The van der Waals surface area contributed by atoms with Crippen LogP contribution >= 0.6 is 0 Å². The number of hydrogen-bond acceptors (Lipinski definition) is 2. The lowest BCUT2D eigenvalue weighted by atomic mass is 10.1. The van der Waals surface area contributed by atoms with Crippen molar-refractivity contribution in [3.63, 3.8) is 0 Å². The molecule has 0 aliphatic heterocycles. The molecule has 0 N–H and O–H groups in total. The lowest BCUT2D eigenvalue weighted by Crippen LogP contribution is -2.13. The standard InChI is InChI=1S/C30H21F2O2S2/c1-2-21-13-16-24(17-14-21)35(23-9-5-3-6-10-23)29-20-28(32)27-19-22(31)15-18-26(27)30(29)36(33,34)25-11-7-4-8-12-25/h2-20H,1H2/q+1. The SMILES string of the molecule is C=Cc1ccc([S+](c2ccccc2)c2cc(F)c3cc(F)ccc3c2S(=O)(=O)c2ccccc2)cc1. The van der Waals surface area contributed by atoms with Crippen LogP contribution in [-0.4, -0.2) is 8.42 Å². The summed E-state index contributed by atoms with van der Waals surface area (Å²) in [5.74, 6) is -1.32. The van der Waals surface area contributed by atoms with Crippen molar-refractivity contribution in [2.24, 2.45) is 0 Å². The first-order chi connectivity index (χ1) is 17.4. The number of hydrogen-bond donors (Lipinski definition) is 0. The van der Waals surface area contributed by atoms with Gasteiger partial charge in [-0.15, -0.1) is 0 Å². The molecule has 6 heteroatoms. The summed E-state index contributed by atoms with van der Waals surface area (Å²) in [6.07, 6.45) is 1.72. The van der Waals surface area contributed by atoms with Gasteiger partial charge in [-0.1, -0.05) is 49.1 Å². The zero-order valence-corrected chi connectivity index (χ0v) is 20.7. The van der Waals surface area contributed by atoms with E-state index in [2.05, 4.69) is 6.58 Å². The summed E-state index contributed by atoms with van der Waals surface area (Å²) in [5.41, 5.74) is 0.910. The van der Waals surface area contributed by atoms with Gasteiger partial charge in [0.15, 0.2) is 14.7 Å². The summed E-state index contributed by atoms with van der Waals surface area (Å²) in [7, 11) is -5.07. The molecule has 178 valence electrons. The molecule has 1 unspecified atom stereocenters. The van der Waals surface area contributed by atoms with Crippen LogP contribution in [-0.2, 0) is 20.7 Å². The summed E-state index contributed by atoms with van der Waals surface area (Å²) >= 11 is 0. The van der Waals surface area contributed by atoms with Crippen LogP contribution in [0.1, 0.15) is 5.56 Å². The van der Waals surface area contributed by atoms with Gasteiger partial charge in [-0.3, -0.25) is 0 Å². The van der Waals surface area contributed by atoms with Crippen LogP contribution in [0.5, 0.6) is 0 Å². The largest absolute Gasteiger partial charge is 0.218 e. The van der Waals surface area contributed by atoms with Crippen LogP contribution < -0.4 is 0 Å². The van der Waals surface area contributed by atoms with E-state index < -0.39 is 32.4 Å². The van der Waals surface area contributed by atoms with E-state index in [1.54, 1.807) is 24.3 Å². The molecule has 0 aromatic heterocycles. The lowest BCUT2D eigenvalue weighted by molar-refractivity contribution is 0.593. The summed E-state index contributed by atoms with van der Waals surface area (Å²) in [6.45, 7) is 3.80. The Morgan fingerprint density at radius 2 is 1.31 bits per heavy atom. The minimum atomic E-state index is -4.10. The van der Waals surface area contributed by atoms with Crippen molar-refractivity contribution < 1.29 is 17.2 Å². The minimum Gasteiger partial charge on any atom is -0.218 e. The molecule has 5 rings (SSSR count). The van der Waals surface area contributed by atoms with Gasteiger partial charge < -0.3 is 0 Å². The maximum Gasteiger partial charge on any atom is 0.212 e. The first kappa shape index (κ1) is 24.0. The monoisotopic (exact) mass is 515 g/mol. The van der Waals surface area contributed by atoms with E-state index in [0.29, 0.717) is 4.90 Å². The predicted molar refractivity (Wildman–Crippen MR) is 141 cm³/mol. The second-order valence-electron chi connectivity index (χ2n) is 8.08. The normalized spacial score (nSPS) is 12.4. The van der Waals surface area contributed by atoms with Crippen LogP contribution in [0.15, 0.2) is 140 Å². The molecule has 0 fully saturated rings. The molecule has 1 atom stereocenters. The Morgan fingerprint density at radius 3 is 1.94 bits per heavy atom. The van der Waals surface area contributed by atoms with Crippen LogP contribution in [0.25, 0.3) is 16.8 Å². The van der Waals surface area contributed by atoms with Gasteiger partial charge in [0.2, 0.25) is 9.84 Å². The second-order valence-corrected chi connectivity index (χ2v) is 12.0. The molecule has 0 spiro atoms. The van der Waals surface area contributed by atoms with Crippen LogP contribution in [0, 0.1) is 11.6 Å². The Bertz CT molecular complexity index is 1670. The Balaban J connectivity index is 1.90. The highest BCUT2D eigenvalue weighted by atomic mass is 32.2. The molecule has 36 heavy (non-hydrogen) atoms. The number of halogens is 2. The van der Waals surface area contributed by atoms with Crippen LogP contribution in [0.4, 0.5) is 8.78 Å². The smallest absolute Gasteiger partial charge is 0.212 e. The van der Waals surface area contributed by atoms with E-state index in [1.807, 2.05) is 54.6 Å². The van der Waals surface area contributed by atoms with Crippen molar-refractivity contribution in [3.8, 4) is 0 Å². The highest BCUT2D eigenvalue weighted by molar-refractivity contribution is 7.98. The third-order valence-corrected chi connectivity index (χ3v) is 10.1. The first-order valence-electron chi connectivity index (χ1n) is 11.1. The minimum absolute atomic E-state index is 0.0231. The van der Waals surface area contributed by atoms with Crippen molar-refractivity contribution in [1.82, 2.24) is 0 Å². The first-order valence-corrected chi connectivity index (χ1v) is 13.8. The maximum absolute atomic E-state index is 15.5. The van der Waals surface area contributed by atoms with Crippen LogP contribution in [0.3, 0.4) is 0 Å². The Labute approximate surface area is 211 Å². The average Bonchev–Trinajstić information content (AvgIpc) is 2.91. The van der Waals surface area contributed by atoms with Crippen molar-refractivity contribution in [3.05, 3.63) is 133 Å². The summed E-state index contributed by atoms with van der Waals surface area (Å²) in [6, 6.07) is 29.8. The van der Waals surface area contributed by atoms with Crippen LogP contribution in [0.2, 0.25) is 0 Å². The molecule has 0 radical (unpaired) electrons. The highest BCUT2D eigenvalue weighted by Gasteiger charge is 2.38. The fourth-order valence-corrected chi connectivity index (χ4v) is 8.39. The molecule has 0 heterocycles. The van der Waals surface area contributed by atoms with Gasteiger partial charge in [0.25, 0.3) is 0 Å². The van der Waals surface area contributed by atoms with Gasteiger partial charge >= 0.3 is 0 Å². The van der Waals surface area contributed by atoms with E-state index in [9.17, 15) is 12.8 Å². The van der Waals surface area contributed by atoms with Crippen molar-refractivity contribution in [1.29, 1.82) is 0 Å². The van der Waals surface area contributed by atoms with Crippen molar-refractivity contribution in [2.75, 3.05) is 0 Å². The number of rotatable bonds is 6. The Morgan fingerprint density at radius 1 is 0.694 bits per heavy atom. The van der Waals surface area contributed by atoms with Crippen molar-refractivity contribution >= 4 is 37.6 Å².